The maximum absolute atomic E-state index is 13.3. The predicted octanol–water partition coefficient (Wildman–Crippen LogP) is 5.94. The molecule has 1 N–H and O–H groups in total. The maximum atomic E-state index is 13.3. The first kappa shape index (κ1) is 26.0. The van der Waals surface area contributed by atoms with Crippen molar-refractivity contribution in [3.8, 4) is 5.75 Å². The lowest BCUT2D eigenvalue weighted by Crippen LogP contribution is -2.47. The molecule has 0 aliphatic carbocycles. The van der Waals surface area contributed by atoms with Crippen molar-refractivity contribution in [3.63, 3.8) is 0 Å². The second kappa shape index (κ2) is 11.0. The van der Waals surface area contributed by atoms with E-state index in [1.54, 1.807) is 23.7 Å². The molecule has 0 radical (unpaired) electrons. The lowest BCUT2D eigenvalue weighted by Gasteiger charge is -2.35. The molecule has 0 unspecified atom stereocenters. The number of nitrogens with one attached hydrogen (secondary N) is 1. The number of nitrogens with zero attached hydrogens (tertiary/aromatic N) is 3. The highest BCUT2D eigenvalue weighted by Crippen LogP contribution is 2.37. The van der Waals surface area contributed by atoms with Crippen molar-refractivity contribution in [1.29, 1.82) is 0 Å². The van der Waals surface area contributed by atoms with Crippen LogP contribution in [-0.2, 0) is 12.6 Å². The van der Waals surface area contributed by atoms with Crippen molar-refractivity contribution >= 4 is 39.0 Å². The Balaban J connectivity index is 1.12. The van der Waals surface area contributed by atoms with Gasteiger partial charge in [0.2, 0.25) is 0 Å². The summed E-state index contributed by atoms with van der Waals surface area (Å²) in [7, 11) is 1.16. The Morgan fingerprint density at radius 1 is 1.03 bits per heavy atom. The van der Waals surface area contributed by atoms with E-state index in [-0.39, 0.29) is 11.3 Å². The number of fused-ring (bicyclic) bond motifs is 1. The lowest BCUT2D eigenvalue weighted by atomic mass is 10.1. The Morgan fingerprint density at radius 3 is 2.47 bits per heavy atom. The van der Waals surface area contributed by atoms with Crippen molar-refractivity contribution < 1.29 is 22.7 Å². The Labute approximate surface area is 222 Å². The van der Waals surface area contributed by atoms with Crippen LogP contribution in [0.1, 0.15) is 21.5 Å². The number of halogens is 3. The van der Waals surface area contributed by atoms with Crippen LogP contribution < -0.4 is 15.0 Å². The van der Waals surface area contributed by atoms with Gasteiger partial charge in [-0.1, -0.05) is 24.3 Å². The molecule has 6 nitrogen and oxygen atoms in total. The molecule has 2 heterocycles. The molecule has 1 fully saturated rings. The molecule has 198 valence electrons. The zero-order valence-corrected chi connectivity index (χ0v) is 21.6. The largest absolute Gasteiger partial charge is 0.496 e. The number of alkyl halides is 3. The topological polar surface area (TPSA) is 57.7 Å². The molecule has 1 aliphatic heterocycles. The fraction of sp³-hybridized carbons (Fsp3) is 0.286. The van der Waals surface area contributed by atoms with Gasteiger partial charge in [0.05, 0.1) is 17.4 Å². The minimum absolute atomic E-state index is 0.0907. The van der Waals surface area contributed by atoms with Crippen molar-refractivity contribution in [3.05, 3.63) is 83.4 Å². The molecule has 0 atom stereocenters. The van der Waals surface area contributed by atoms with Gasteiger partial charge >= 0.3 is 6.18 Å². The van der Waals surface area contributed by atoms with E-state index in [9.17, 15) is 18.0 Å². The smallest absolute Gasteiger partial charge is 0.419 e. The van der Waals surface area contributed by atoms with E-state index in [1.807, 2.05) is 18.2 Å². The molecule has 1 aromatic heterocycles. The molecule has 0 saturated carbocycles. The van der Waals surface area contributed by atoms with Crippen LogP contribution in [0.4, 0.5) is 24.7 Å². The van der Waals surface area contributed by atoms with Gasteiger partial charge in [0.15, 0.2) is 0 Å². The lowest BCUT2D eigenvalue weighted by molar-refractivity contribution is -0.138. The average Bonchev–Trinajstić information content (AvgIpc) is 3.36. The van der Waals surface area contributed by atoms with Crippen molar-refractivity contribution in [1.82, 2.24) is 9.27 Å². The van der Waals surface area contributed by atoms with Gasteiger partial charge in [-0.25, -0.2) is 0 Å². The molecule has 5 rings (SSSR count). The van der Waals surface area contributed by atoms with Gasteiger partial charge < -0.3 is 15.0 Å². The predicted molar refractivity (Wildman–Crippen MR) is 144 cm³/mol. The van der Waals surface area contributed by atoms with E-state index in [4.69, 9.17) is 4.74 Å². The molecule has 1 amide bonds. The highest BCUT2D eigenvalue weighted by atomic mass is 32.1. The van der Waals surface area contributed by atoms with Crippen LogP contribution in [0.15, 0.2) is 66.7 Å². The average molecular weight is 541 g/mol. The Hall–Kier alpha value is -3.63. The minimum Gasteiger partial charge on any atom is -0.496 e. The summed E-state index contributed by atoms with van der Waals surface area (Å²) in [5, 5.41) is 3.88. The molecule has 0 spiro atoms. The number of carbonyl (C=O) groups excluding carboxylic acids is 1. The molecule has 4 aromatic rings. The van der Waals surface area contributed by atoms with E-state index < -0.39 is 17.6 Å². The van der Waals surface area contributed by atoms with E-state index in [1.165, 1.54) is 16.2 Å². The summed E-state index contributed by atoms with van der Waals surface area (Å²) >= 11 is 1.54. The molecular weight excluding hydrogens is 513 g/mol. The molecule has 1 saturated heterocycles. The third-order valence-corrected chi connectivity index (χ3v) is 7.54. The summed E-state index contributed by atoms with van der Waals surface area (Å²) in [5.74, 6) is 0.139. The second-order valence-corrected chi connectivity index (χ2v) is 9.95. The third-order valence-electron chi connectivity index (χ3n) is 6.73. The number of piperazine rings is 1. The van der Waals surface area contributed by atoms with Crippen LogP contribution in [0, 0.1) is 0 Å². The maximum Gasteiger partial charge on any atom is 0.419 e. The number of anilines is 2. The number of carbonyl (C=O) groups is 1. The van der Waals surface area contributed by atoms with Gasteiger partial charge in [-0.3, -0.25) is 9.69 Å². The second-order valence-electron chi connectivity index (χ2n) is 9.14. The van der Waals surface area contributed by atoms with Crippen LogP contribution in [0.2, 0.25) is 0 Å². The number of ether oxygens (including phenoxy) is 1. The SMILES string of the molecule is COc1ccc(C(=O)Nc2ccc(CCN3CCN(c4nsc5ccccc45)CC3)cc2)cc1C(F)(F)F. The number of benzene rings is 3. The number of rotatable bonds is 7. The third kappa shape index (κ3) is 5.76. The minimum atomic E-state index is -4.62. The van der Waals surface area contributed by atoms with Crippen LogP contribution >= 0.6 is 11.5 Å². The number of hydrogen-bond acceptors (Lipinski definition) is 6. The highest BCUT2D eigenvalue weighted by molar-refractivity contribution is 7.13. The van der Waals surface area contributed by atoms with E-state index in [0.717, 1.165) is 69.8 Å². The summed E-state index contributed by atoms with van der Waals surface area (Å²) in [6.45, 7) is 4.70. The van der Waals surface area contributed by atoms with E-state index >= 15 is 0 Å². The van der Waals surface area contributed by atoms with Gasteiger partial charge in [0, 0.05) is 49.4 Å². The van der Waals surface area contributed by atoms with Gasteiger partial charge in [0.25, 0.3) is 5.91 Å². The molecule has 1 aliphatic rings. The first-order chi connectivity index (χ1) is 18.3. The van der Waals surface area contributed by atoms with Crippen molar-refractivity contribution in [2.24, 2.45) is 0 Å². The summed E-state index contributed by atoms with van der Waals surface area (Å²) in [5.41, 5.74) is 0.572. The Morgan fingerprint density at radius 2 is 1.76 bits per heavy atom. The zero-order chi connectivity index (χ0) is 26.7. The first-order valence-electron chi connectivity index (χ1n) is 12.3. The summed E-state index contributed by atoms with van der Waals surface area (Å²) in [6, 6.07) is 19.0. The number of methoxy groups -OCH3 is 1. The van der Waals surface area contributed by atoms with Gasteiger partial charge in [0.1, 0.15) is 11.6 Å². The molecule has 10 heteroatoms. The van der Waals surface area contributed by atoms with Gasteiger partial charge in [-0.15, -0.1) is 0 Å². The monoisotopic (exact) mass is 540 g/mol. The van der Waals surface area contributed by atoms with Gasteiger partial charge in [-0.05, 0) is 66.0 Å². The van der Waals surface area contributed by atoms with E-state index in [0.29, 0.717) is 5.69 Å². The van der Waals surface area contributed by atoms with Crippen LogP contribution in [0.3, 0.4) is 0 Å². The number of hydrogen-bond donors (Lipinski definition) is 1. The van der Waals surface area contributed by atoms with Gasteiger partial charge in [-0.2, -0.15) is 17.5 Å². The van der Waals surface area contributed by atoms with Crippen LogP contribution in [0.25, 0.3) is 10.1 Å². The summed E-state index contributed by atoms with van der Waals surface area (Å²) in [6.07, 6.45) is -3.76. The number of aromatic nitrogens is 1. The quantitative estimate of drug-likeness (QED) is 0.314. The Kier molecular flexibility index (Phi) is 7.53. The number of amides is 1. The Bertz CT molecular complexity index is 1410. The van der Waals surface area contributed by atoms with Crippen LogP contribution in [0.5, 0.6) is 5.75 Å². The zero-order valence-electron chi connectivity index (χ0n) is 20.8. The summed E-state index contributed by atoms with van der Waals surface area (Å²) < 4.78 is 50.5. The highest BCUT2D eigenvalue weighted by Gasteiger charge is 2.35. The molecular formula is C28H27F3N4O2S. The van der Waals surface area contributed by atoms with E-state index in [2.05, 4.69) is 37.7 Å². The van der Waals surface area contributed by atoms with Crippen LogP contribution in [-0.4, -0.2) is 55.0 Å². The molecule has 3 aromatic carbocycles. The first-order valence-corrected chi connectivity index (χ1v) is 13.1. The molecule has 0 bridgehead atoms. The molecule has 38 heavy (non-hydrogen) atoms. The standard InChI is InChI=1S/C28H27F3N4O2S/c1-37-24-11-8-20(18-23(24)28(29,30)31)27(36)32-21-9-6-19(7-10-21)12-13-34-14-16-35(17-15-34)26-22-4-2-3-5-25(22)38-33-26/h2-11,18H,12-17H2,1H3,(H,32,36). The van der Waals surface area contributed by atoms with Crippen molar-refractivity contribution in [2.45, 2.75) is 12.6 Å². The summed E-state index contributed by atoms with van der Waals surface area (Å²) in [4.78, 5) is 17.3. The fourth-order valence-electron chi connectivity index (χ4n) is 4.60. The van der Waals surface area contributed by atoms with Crippen molar-refractivity contribution in [2.75, 3.05) is 50.1 Å². The fourth-order valence-corrected chi connectivity index (χ4v) is 5.40. The normalized spacial score (nSPS) is 14.6.